The minimum atomic E-state index is -4.35. The van der Waals surface area contributed by atoms with Gasteiger partial charge in [-0.25, -0.2) is 9.50 Å². The predicted octanol–water partition coefficient (Wildman–Crippen LogP) is 4.24. The van der Waals surface area contributed by atoms with E-state index in [-0.39, 0.29) is 0 Å². The first-order valence-electron chi connectivity index (χ1n) is 5.13. The molecule has 3 rings (SSSR count). The Kier molecular flexibility index (Phi) is 2.86. The van der Waals surface area contributed by atoms with Crippen molar-refractivity contribution in [1.29, 1.82) is 0 Å². The van der Waals surface area contributed by atoms with Crippen LogP contribution in [0.15, 0.2) is 34.4 Å². The second-order valence-electron chi connectivity index (χ2n) is 3.79. The van der Waals surface area contributed by atoms with E-state index in [9.17, 15) is 13.2 Å². The molecule has 0 aliphatic rings. The lowest BCUT2D eigenvalue weighted by molar-refractivity contribution is -0.137. The monoisotopic (exact) mass is 347 g/mol. The van der Waals surface area contributed by atoms with Crippen molar-refractivity contribution in [2.45, 2.75) is 6.18 Å². The SMILES string of the molecule is FC(F)(F)c1cccc(-c2cn3nc(Br)sc3n2)c1. The van der Waals surface area contributed by atoms with Gasteiger partial charge in [-0.1, -0.05) is 23.5 Å². The lowest BCUT2D eigenvalue weighted by Gasteiger charge is -2.07. The Morgan fingerprint density at radius 2 is 2.05 bits per heavy atom. The number of alkyl halides is 3. The second-order valence-corrected chi connectivity index (χ2v) is 6.02. The standard InChI is InChI=1S/C11H5BrF3N3S/c12-9-17-18-5-8(16-10(18)19-9)6-2-1-3-7(4-6)11(13,14)15/h1-5H. The molecule has 0 fully saturated rings. The summed E-state index contributed by atoms with van der Waals surface area (Å²) >= 11 is 4.53. The summed E-state index contributed by atoms with van der Waals surface area (Å²) < 4.78 is 40.1. The largest absolute Gasteiger partial charge is 0.416 e. The summed E-state index contributed by atoms with van der Waals surface area (Å²) in [5.74, 6) is 0. The zero-order chi connectivity index (χ0) is 13.6. The fraction of sp³-hybridized carbons (Fsp3) is 0.0909. The summed E-state index contributed by atoms with van der Waals surface area (Å²) in [6.07, 6.45) is -2.75. The first-order chi connectivity index (χ1) is 8.93. The maximum atomic E-state index is 12.6. The zero-order valence-corrected chi connectivity index (χ0v) is 11.6. The molecule has 1 aromatic carbocycles. The molecule has 98 valence electrons. The average molecular weight is 348 g/mol. The lowest BCUT2D eigenvalue weighted by atomic mass is 10.1. The quantitative estimate of drug-likeness (QED) is 0.659. The third-order valence-electron chi connectivity index (χ3n) is 2.50. The number of imidazole rings is 1. The highest BCUT2D eigenvalue weighted by Crippen LogP contribution is 2.32. The van der Waals surface area contributed by atoms with Gasteiger partial charge < -0.3 is 0 Å². The third kappa shape index (κ3) is 2.37. The predicted molar refractivity (Wildman–Crippen MR) is 69.0 cm³/mol. The first kappa shape index (κ1) is 12.6. The number of nitrogens with zero attached hydrogens (tertiary/aromatic N) is 3. The van der Waals surface area contributed by atoms with Crippen LogP contribution >= 0.6 is 27.3 Å². The summed E-state index contributed by atoms with van der Waals surface area (Å²) in [6, 6.07) is 5.09. The number of hydrogen-bond acceptors (Lipinski definition) is 3. The van der Waals surface area contributed by atoms with Crippen molar-refractivity contribution in [1.82, 2.24) is 14.6 Å². The molecule has 19 heavy (non-hydrogen) atoms. The van der Waals surface area contributed by atoms with Crippen LogP contribution < -0.4 is 0 Å². The summed E-state index contributed by atoms with van der Waals surface area (Å²) in [5, 5.41) is 4.10. The van der Waals surface area contributed by atoms with Crippen LogP contribution in [0.2, 0.25) is 0 Å². The molecule has 8 heteroatoms. The Balaban J connectivity index is 2.08. The third-order valence-corrected chi connectivity index (χ3v) is 3.86. The van der Waals surface area contributed by atoms with Gasteiger partial charge >= 0.3 is 6.18 Å². The van der Waals surface area contributed by atoms with Crippen molar-refractivity contribution in [2.24, 2.45) is 0 Å². The van der Waals surface area contributed by atoms with Crippen LogP contribution in [0.25, 0.3) is 16.2 Å². The van der Waals surface area contributed by atoms with E-state index in [0.717, 1.165) is 12.1 Å². The molecular weight excluding hydrogens is 343 g/mol. The van der Waals surface area contributed by atoms with Gasteiger partial charge in [0, 0.05) is 5.56 Å². The van der Waals surface area contributed by atoms with Crippen molar-refractivity contribution >= 4 is 32.2 Å². The molecule has 2 heterocycles. The molecule has 0 atom stereocenters. The van der Waals surface area contributed by atoms with Gasteiger partial charge in [-0.05, 0) is 28.1 Å². The minimum absolute atomic E-state index is 0.420. The molecule has 3 aromatic rings. The van der Waals surface area contributed by atoms with E-state index in [1.807, 2.05) is 0 Å². The molecule has 0 unspecified atom stereocenters. The van der Waals surface area contributed by atoms with Crippen LogP contribution in [0.4, 0.5) is 13.2 Å². The molecule has 0 aliphatic heterocycles. The molecule has 3 nitrogen and oxygen atoms in total. The van der Waals surface area contributed by atoms with Crippen LogP contribution in [0, 0.1) is 0 Å². The van der Waals surface area contributed by atoms with Gasteiger partial charge in [0.1, 0.15) is 0 Å². The number of hydrogen-bond donors (Lipinski definition) is 0. The average Bonchev–Trinajstić information content (AvgIpc) is 2.85. The van der Waals surface area contributed by atoms with Crippen LogP contribution in [0.3, 0.4) is 0 Å². The molecule has 0 amide bonds. The van der Waals surface area contributed by atoms with Crippen molar-refractivity contribution in [2.75, 3.05) is 0 Å². The number of rotatable bonds is 1. The highest BCUT2D eigenvalue weighted by Gasteiger charge is 2.30. The maximum absolute atomic E-state index is 12.6. The van der Waals surface area contributed by atoms with Crippen molar-refractivity contribution in [3.8, 4) is 11.3 Å². The fourth-order valence-corrected chi connectivity index (χ4v) is 2.89. The first-order valence-corrected chi connectivity index (χ1v) is 6.74. The molecule has 0 saturated carbocycles. The van der Waals surface area contributed by atoms with E-state index in [0.29, 0.717) is 20.1 Å². The summed E-state index contributed by atoms with van der Waals surface area (Å²) in [6.45, 7) is 0. The molecule has 0 N–H and O–H groups in total. The van der Waals surface area contributed by atoms with Gasteiger partial charge in [-0.3, -0.25) is 0 Å². The highest BCUT2D eigenvalue weighted by atomic mass is 79.9. The van der Waals surface area contributed by atoms with Gasteiger partial charge in [0.2, 0.25) is 4.96 Å². The molecule has 0 radical (unpaired) electrons. The van der Waals surface area contributed by atoms with Crippen molar-refractivity contribution in [3.63, 3.8) is 0 Å². The van der Waals surface area contributed by atoms with Gasteiger partial charge in [-0.15, -0.1) is 5.10 Å². The van der Waals surface area contributed by atoms with Gasteiger partial charge in [0.15, 0.2) is 3.92 Å². The summed E-state index contributed by atoms with van der Waals surface area (Å²) in [5.41, 5.74) is 0.205. The Morgan fingerprint density at radius 1 is 1.26 bits per heavy atom. The number of halogens is 4. The van der Waals surface area contributed by atoms with Gasteiger partial charge in [0.25, 0.3) is 0 Å². The number of fused-ring (bicyclic) bond motifs is 1. The molecule has 0 bridgehead atoms. The highest BCUT2D eigenvalue weighted by molar-refractivity contribution is 9.11. The Labute approximate surface area is 117 Å². The van der Waals surface area contributed by atoms with Gasteiger partial charge in [0.05, 0.1) is 17.5 Å². The smallest absolute Gasteiger partial charge is 0.217 e. The van der Waals surface area contributed by atoms with E-state index in [2.05, 4.69) is 26.0 Å². The second kappa shape index (κ2) is 4.31. The van der Waals surface area contributed by atoms with E-state index >= 15 is 0 Å². The van der Waals surface area contributed by atoms with Crippen LogP contribution in [0.5, 0.6) is 0 Å². The molecule has 0 saturated heterocycles. The topological polar surface area (TPSA) is 30.2 Å². The number of benzene rings is 1. The Bertz CT molecular complexity index is 716. The van der Waals surface area contributed by atoms with Crippen LogP contribution in [-0.4, -0.2) is 14.6 Å². The Morgan fingerprint density at radius 3 is 2.74 bits per heavy atom. The molecule has 2 aromatic heterocycles. The van der Waals surface area contributed by atoms with E-state index < -0.39 is 11.7 Å². The van der Waals surface area contributed by atoms with Crippen LogP contribution in [-0.2, 0) is 6.18 Å². The number of aromatic nitrogens is 3. The van der Waals surface area contributed by atoms with Crippen molar-refractivity contribution < 1.29 is 13.2 Å². The fourth-order valence-electron chi connectivity index (χ4n) is 1.67. The molecular formula is C11H5BrF3N3S. The van der Waals surface area contributed by atoms with E-state index in [4.69, 9.17) is 0 Å². The summed E-state index contributed by atoms with van der Waals surface area (Å²) in [7, 11) is 0. The lowest BCUT2D eigenvalue weighted by Crippen LogP contribution is -2.04. The Hall–Kier alpha value is -1.41. The van der Waals surface area contributed by atoms with E-state index in [1.54, 1.807) is 12.3 Å². The maximum Gasteiger partial charge on any atom is 0.416 e. The van der Waals surface area contributed by atoms with Crippen LogP contribution in [0.1, 0.15) is 5.56 Å². The normalized spacial score (nSPS) is 12.2. The van der Waals surface area contributed by atoms with E-state index in [1.165, 1.54) is 21.9 Å². The van der Waals surface area contributed by atoms with Crippen molar-refractivity contribution in [3.05, 3.63) is 39.9 Å². The zero-order valence-electron chi connectivity index (χ0n) is 9.15. The summed E-state index contributed by atoms with van der Waals surface area (Å²) in [4.78, 5) is 4.87. The molecule has 0 spiro atoms. The van der Waals surface area contributed by atoms with Gasteiger partial charge in [-0.2, -0.15) is 13.2 Å². The molecule has 0 aliphatic carbocycles. The minimum Gasteiger partial charge on any atom is -0.217 e.